The SMILES string of the molecule is CCCCCc1ccc(Nc2ccc(CNO)cc2)cc1. The molecule has 2 aromatic rings. The van der Waals surface area contributed by atoms with E-state index in [4.69, 9.17) is 5.21 Å². The lowest BCUT2D eigenvalue weighted by Crippen LogP contribution is -2.05. The Kier molecular flexibility index (Phi) is 6.25. The molecule has 2 aromatic carbocycles. The second-order valence-electron chi connectivity index (χ2n) is 5.31. The molecule has 21 heavy (non-hydrogen) atoms. The molecule has 0 spiro atoms. The highest BCUT2D eigenvalue weighted by Gasteiger charge is 1.97. The number of nitrogens with one attached hydrogen (secondary N) is 2. The van der Waals surface area contributed by atoms with Crippen molar-refractivity contribution in [1.82, 2.24) is 5.48 Å². The minimum absolute atomic E-state index is 0.465. The molecule has 3 nitrogen and oxygen atoms in total. The Bertz CT molecular complexity index is 520. The molecule has 0 aliphatic rings. The van der Waals surface area contributed by atoms with Crippen LogP contribution < -0.4 is 10.8 Å². The van der Waals surface area contributed by atoms with Crippen molar-refractivity contribution in [3.05, 3.63) is 59.7 Å². The molecule has 0 saturated carbocycles. The number of hydrogen-bond donors (Lipinski definition) is 3. The lowest BCUT2D eigenvalue weighted by atomic mass is 10.1. The Hall–Kier alpha value is -1.84. The molecule has 0 aliphatic heterocycles. The van der Waals surface area contributed by atoms with Crippen molar-refractivity contribution in [2.45, 2.75) is 39.2 Å². The van der Waals surface area contributed by atoms with E-state index in [9.17, 15) is 0 Å². The summed E-state index contributed by atoms with van der Waals surface area (Å²) < 4.78 is 0. The number of hydrogen-bond acceptors (Lipinski definition) is 3. The fourth-order valence-electron chi connectivity index (χ4n) is 2.30. The van der Waals surface area contributed by atoms with E-state index >= 15 is 0 Å². The monoisotopic (exact) mass is 284 g/mol. The van der Waals surface area contributed by atoms with Gasteiger partial charge in [-0.15, -0.1) is 0 Å². The van der Waals surface area contributed by atoms with Crippen LogP contribution in [0.1, 0.15) is 37.3 Å². The number of unbranched alkanes of at least 4 members (excludes halogenated alkanes) is 2. The van der Waals surface area contributed by atoms with Crippen molar-refractivity contribution >= 4 is 11.4 Å². The van der Waals surface area contributed by atoms with Gasteiger partial charge in [0, 0.05) is 17.9 Å². The summed E-state index contributed by atoms with van der Waals surface area (Å²) in [6.45, 7) is 2.70. The molecule has 3 heteroatoms. The third-order valence-electron chi connectivity index (χ3n) is 3.55. The van der Waals surface area contributed by atoms with E-state index in [1.807, 2.05) is 24.3 Å². The third-order valence-corrected chi connectivity index (χ3v) is 3.55. The van der Waals surface area contributed by atoms with Gasteiger partial charge in [-0.2, -0.15) is 0 Å². The molecular formula is C18H24N2O. The van der Waals surface area contributed by atoms with E-state index < -0.39 is 0 Å². The lowest BCUT2D eigenvalue weighted by molar-refractivity contribution is 0.161. The van der Waals surface area contributed by atoms with Crippen LogP contribution in [0.25, 0.3) is 0 Å². The summed E-state index contributed by atoms with van der Waals surface area (Å²) in [6, 6.07) is 16.7. The van der Waals surface area contributed by atoms with Crippen LogP contribution in [0.2, 0.25) is 0 Å². The van der Waals surface area contributed by atoms with Gasteiger partial charge in [0.25, 0.3) is 0 Å². The Morgan fingerprint density at radius 1 is 0.810 bits per heavy atom. The molecule has 0 bridgehead atoms. The average molecular weight is 284 g/mol. The first-order chi connectivity index (χ1) is 10.3. The molecule has 0 amide bonds. The van der Waals surface area contributed by atoms with Crippen LogP contribution in [-0.4, -0.2) is 5.21 Å². The maximum atomic E-state index is 8.66. The first kappa shape index (κ1) is 15.5. The van der Waals surface area contributed by atoms with Crippen molar-refractivity contribution in [2.75, 3.05) is 5.32 Å². The van der Waals surface area contributed by atoms with Crippen molar-refractivity contribution in [2.24, 2.45) is 0 Å². The standard InChI is InChI=1S/C18H24N2O/c1-2-3-4-5-15-6-10-17(11-7-15)20-18-12-8-16(9-13-18)14-19-21/h6-13,19-21H,2-5,14H2,1H3. The second kappa shape index (κ2) is 8.45. The van der Waals surface area contributed by atoms with Crippen LogP contribution in [0.4, 0.5) is 11.4 Å². The van der Waals surface area contributed by atoms with Crippen molar-refractivity contribution < 1.29 is 5.21 Å². The summed E-state index contributed by atoms with van der Waals surface area (Å²) in [7, 11) is 0. The molecule has 0 atom stereocenters. The van der Waals surface area contributed by atoms with E-state index in [1.54, 1.807) is 0 Å². The van der Waals surface area contributed by atoms with E-state index in [2.05, 4.69) is 42.0 Å². The normalized spacial score (nSPS) is 10.6. The van der Waals surface area contributed by atoms with Crippen LogP contribution >= 0.6 is 0 Å². The number of anilines is 2. The summed E-state index contributed by atoms with van der Waals surface area (Å²) in [5.74, 6) is 0. The highest BCUT2D eigenvalue weighted by molar-refractivity contribution is 5.60. The number of rotatable bonds is 8. The zero-order valence-electron chi connectivity index (χ0n) is 12.6. The minimum atomic E-state index is 0.465. The number of benzene rings is 2. The fraction of sp³-hybridized carbons (Fsp3) is 0.333. The Morgan fingerprint density at radius 2 is 1.38 bits per heavy atom. The maximum absolute atomic E-state index is 8.66. The second-order valence-corrected chi connectivity index (χ2v) is 5.31. The summed E-state index contributed by atoms with van der Waals surface area (Å²) in [4.78, 5) is 0. The number of aryl methyl sites for hydroxylation is 1. The van der Waals surface area contributed by atoms with Crippen molar-refractivity contribution in [3.8, 4) is 0 Å². The molecule has 0 fully saturated rings. The Labute approximate surface area is 127 Å². The van der Waals surface area contributed by atoms with Gasteiger partial charge >= 0.3 is 0 Å². The van der Waals surface area contributed by atoms with E-state index in [0.29, 0.717) is 6.54 Å². The van der Waals surface area contributed by atoms with Crippen LogP contribution in [0.15, 0.2) is 48.5 Å². The zero-order valence-corrected chi connectivity index (χ0v) is 12.6. The predicted octanol–water partition coefficient (Wildman–Crippen LogP) is 4.64. The molecule has 0 heterocycles. The average Bonchev–Trinajstić information content (AvgIpc) is 2.51. The smallest absolute Gasteiger partial charge is 0.0458 e. The van der Waals surface area contributed by atoms with Gasteiger partial charge < -0.3 is 10.5 Å². The molecule has 0 radical (unpaired) electrons. The molecule has 0 aromatic heterocycles. The summed E-state index contributed by atoms with van der Waals surface area (Å²) in [6.07, 6.45) is 5.00. The highest BCUT2D eigenvalue weighted by Crippen LogP contribution is 2.18. The maximum Gasteiger partial charge on any atom is 0.0458 e. The van der Waals surface area contributed by atoms with Gasteiger partial charge in [0.1, 0.15) is 0 Å². The topological polar surface area (TPSA) is 44.3 Å². The first-order valence-corrected chi connectivity index (χ1v) is 7.63. The summed E-state index contributed by atoms with van der Waals surface area (Å²) in [5.41, 5.74) is 6.76. The van der Waals surface area contributed by atoms with Gasteiger partial charge in [-0.25, -0.2) is 5.48 Å². The molecular weight excluding hydrogens is 260 g/mol. The van der Waals surface area contributed by atoms with Gasteiger partial charge in [0.05, 0.1) is 0 Å². The van der Waals surface area contributed by atoms with Gasteiger partial charge in [-0.3, -0.25) is 0 Å². The molecule has 2 rings (SSSR count). The molecule has 3 N–H and O–H groups in total. The zero-order chi connectivity index (χ0) is 14.9. The predicted molar refractivity (Wildman–Crippen MR) is 88.0 cm³/mol. The molecule has 0 saturated heterocycles. The van der Waals surface area contributed by atoms with Gasteiger partial charge in [0.2, 0.25) is 0 Å². The lowest BCUT2D eigenvalue weighted by Gasteiger charge is -2.08. The molecule has 0 unspecified atom stereocenters. The van der Waals surface area contributed by atoms with E-state index in [1.165, 1.54) is 24.8 Å². The first-order valence-electron chi connectivity index (χ1n) is 7.63. The Balaban J connectivity index is 1.90. The van der Waals surface area contributed by atoms with Crippen molar-refractivity contribution in [3.63, 3.8) is 0 Å². The van der Waals surface area contributed by atoms with Crippen LogP contribution in [0, 0.1) is 0 Å². The summed E-state index contributed by atoms with van der Waals surface area (Å²) >= 11 is 0. The summed E-state index contributed by atoms with van der Waals surface area (Å²) in [5, 5.41) is 12.0. The quantitative estimate of drug-likeness (QED) is 0.488. The van der Waals surface area contributed by atoms with E-state index in [-0.39, 0.29) is 0 Å². The third kappa shape index (κ3) is 5.21. The van der Waals surface area contributed by atoms with Crippen LogP contribution in [0.5, 0.6) is 0 Å². The highest BCUT2D eigenvalue weighted by atomic mass is 16.5. The van der Waals surface area contributed by atoms with E-state index in [0.717, 1.165) is 23.4 Å². The number of hydroxylamine groups is 1. The largest absolute Gasteiger partial charge is 0.356 e. The Morgan fingerprint density at radius 3 is 1.90 bits per heavy atom. The van der Waals surface area contributed by atoms with Gasteiger partial charge in [-0.05, 0) is 48.2 Å². The van der Waals surface area contributed by atoms with Crippen LogP contribution in [-0.2, 0) is 13.0 Å². The minimum Gasteiger partial charge on any atom is -0.356 e. The molecule has 0 aliphatic carbocycles. The fourth-order valence-corrected chi connectivity index (χ4v) is 2.30. The van der Waals surface area contributed by atoms with Gasteiger partial charge in [0.15, 0.2) is 0 Å². The molecule has 112 valence electrons. The van der Waals surface area contributed by atoms with Crippen molar-refractivity contribution in [1.29, 1.82) is 0 Å². The van der Waals surface area contributed by atoms with Crippen LogP contribution in [0.3, 0.4) is 0 Å². The van der Waals surface area contributed by atoms with Gasteiger partial charge in [-0.1, -0.05) is 44.0 Å².